The minimum atomic E-state index is 0.0192. The fraction of sp³-hybridized carbons (Fsp3) is 0.190. The van der Waals surface area contributed by atoms with Gasteiger partial charge in [-0.2, -0.15) is 0 Å². The van der Waals surface area contributed by atoms with Gasteiger partial charge in [-0.1, -0.05) is 0 Å². The van der Waals surface area contributed by atoms with Crippen LogP contribution in [0.1, 0.15) is 5.56 Å². The Labute approximate surface area is 166 Å². The van der Waals surface area contributed by atoms with Crippen molar-refractivity contribution in [2.45, 2.75) is 0 Å². The summed E-state index contributed by atoms with van der Waals surface area (Å²) in [6.45, 7) is 3.11. The lowest BCUT2D eigenvalue weighted by molar-refractivity contribution is 0.122. The van der Waals surface area contributed by atoms with Gasteiger partial charge in [0.05, 0.1) is 36.9 Å². The van der Waals surface area contributed by atoms with Crippen molar-refractivity contribution >= 4 is 28.8 Å². The number of aromatic hydroxyl groups is 1. The van der Waals surface area contributed by atoms with E-state index in [-0.39, 0.29) is 5.88 Å². The number of hydrogen-bond acceptors (Lipinski definition) is 7. The summed E-state index contributed by atoms with van der Waals surface area (Å²) in [4.78, 5) is 18.4. The molecule has 1 aliphatic heterocycles. The Morgan fingerprint density at radius 3 is 2.79 bits per heavy atom. The van der Waals surface area contributed by atoms with Gasteiger partial charge in [0.15, 0.2) is 5.88 Å². The number of pyridine rings is 2. The number of nitrogens with zero attached hydrogens (tertiary/aromatic N) is 4. The summed E-state index contributed by atoms with van der Waals surface area (Å²) in [6, 6.07) is 9.46. The van der Waals surface area contributed by atoms with Gasteiger partial charge >= 0.3 is 0 Å². The zero-order valence-electron chi connectivity index (χ0n) is 15.6. The molecule has 0 atom stereocenters. The van der Waals surface area contributed by atoms with E-state index < -0.39 is 0 Å². The minimum Gasteiger partial charge on any atom is -0.494 e. The number of ether oxygens (including phenoxy) is 1. The Morgan fingerprint density at radius 1 is 1.14 bits per heavy atom. The van der Waals surface area contributed by atoms with Crippen molar-refractivity contribution in [3.63, 3.8) is 0 Å². The third kappa shape index (κ3) is 3.45. The third-order valence-electron chi connectivity index (χ3n) is 4.89. The summed E-state index contributed by atoms with van der Waals surface area (Å²) in [5.41, 5.74) is 2.68. The van der Waals surface area contributed by atoms with Crippen molar-refractivity contribution in [3.05, 3.63) is 54.6 Å². The second-order valence-corrected chi connectivity index (χ2v) is 6.72. The normalized spacial score (nSPS) is 14.8. The fourth-order valence-electron chi connectivity index (χ4n) is 3.36. The van der Waals surface area contributed by atoms with Crippen LogP contribution in [0.15, 0.2) is 58.4 Å². The van der Waals surface area contributed by atoms with Crippen LogP contribution in [0.25, 0.3) is 22.4 Å². The Balaban J connectivity index is 1.42. The molecule has 1 aliphatic rings. The van der Waals surface area contributed by atoms with Crippen LogP contribution in [0.3, 0.4) is 0 Å². The van der Waals surface area contributed by atoms with Crippen molar-refractivity contribution in [1.29, 1.82) is 0 Å². The van der Waals surface area contributed by atoms with Crippen LogP contribution < -0.4 is 4.90 Å². The monoisotopic (exact) mass is 389 g/mol. The first-order valence-corrected chi connectivity index (χ1v) is 9.35. The van der Waals surface area contributed by atoms with E-state index in [9.17, 15) is 5.11 Å². The molecule has 0 spiro atoms. The predicted octanol–water partition coefficient (Wildman–Crippen LogP) is 3.51. The van der Waals surface area contributed by atoms with Crippen LogP contribution in [0.2, 0.25) is 0 Å². The molecule has 146 valence electrons. The van der Waals surface area contributed by atoms with Crippen molar-refractivity contribution in [2.24, 2.45) is 4.99 Å². The van der Waals surface area contributed by atoms with Gasteiger partial charge in [0.1, 0.15) is 17.2 Å². The van der Waals surface area contributed by atoms with E-state index in [0.29, 0.717) is 22.7 Å². The number of nitrogens with one attached hydrogen (secondary N) is 1. The maximum Gasteiger partial charge on any atom is 0.199 e. The number of hydrogen-bond donors (Lipinski definition) is 2. The number of rotatable bonds is 4. The van der Waals surface area contributed by atoms with Crippen molar-refractivity contribution in [2.75, 3.05) is 31.2 Å². The molecular weight excluding hydrogens is 370 g/mol. The summed E-state index contributed by atoms with van der Waals surface area (Å²) in [5, 5.41) is 11.1. The van der Waals surface area contributed by atoms with Gasteiger partial charge < -0.3 is 24.1 Å². The van der Waals surface area contributed by atoms with Crippen LogP contribution in [-0.2, 0) is 4.74 Å². The number of fused-ring (bicyclic) bond motifs is 1. The lowest BCUT2D eigenvalue weighted by Crippen LogP contribution is -2.36. The van der Waals surface area contributed by atoms with Crippen LogP contribution in [0.5, 0.6) is 5.88 Å². The number of H-pyrrole nitrogens is 1. The second-order valence-electron chi connectivity index (χ2n) is 6.72. The highest BCUT2D eigenvalue weighted by atomic mass is 16.5. The van der Waals surface area contributed by atoms with E-state index in [2.05, 4.69) is 24.8 Å². The Hall–Kier alpha value is -3.65. The number of aromatic amines is 1. The van der Waals surface area contributed by atoms with Crippen LogP contribution in [0.4, 0.5) is 11.5 Å². The van der Waals surface area contributed by atoms with Gasteiger partial charge in [0.25, 0.3) is 0 Å². The number of aromatic nitrogens is 3. The van der Waals surface area contributed by atoms with E-state index >= 15 is 0 Å². The van der Waals surface area contributed by atoms with E-state index in [1.165, 1.54) is 0 Å². The zero-order valence-corrected chi connectivity index (χ0v) is 15.6. The highest BCUT2D eigenvalue weighted by Gasteiger charge is 2.13. The van der Waals surface area contributed by atoms with Gasteiger partial charge in [-0.15, -0.1) is 0 Å². The van der Waals surface area contributed by atoms with Gasteiger partial charge in [-0.25, -0.2) is 9.97 Å². The molecule has 0 radical (unpaired) electrons. The van der Waals surface area contributed by atoms with E-state index in [0.717, 1.165) is 43.1 Å². The molecule has 8 heteroatoms. The minimum absolute atomic E-state index is 0.0192. The Kier molecular flexibility index (Phi) is 4.45. The quantitative estimate of drug-likeness (QED) is 0.518. The van der Waals surface area contributed by atoms with Crippen LogP contribution >= 0.6 is 0 Å². The van der Waals surface area contributed by atoms with Crippen molar-refractivity contribution in [3.8, 4) is 17.2 Å². The number of anilines is 1. The summed E-state index contributed by atoms with van der Waals surface area (Å²) >= 11 is 0. The number of furan rings is 1. The highest BCUT2D eigenvalue weighted by Crippen LogP contribution is 2.29. The molecular formula is C21H19N5O3. The molecule has 0 aliphatic carbocycles. The molecule has 2 N–H and O–H groups in total. The molecule has 5 rings (SSSR count). The maximum atomic E-state index is 10.3. The van der Waals surface area contributed by atoms with Crippen LogP contribution in [0, 0.1) is 0 Å². The molecule has 4 aromatic heterocycles. The smallest absolute Gasteiger partial charge is 0.199 e. The molecule has 5 heterocycles. The van der Waals surface area contributed by atoms with Crippen molar-refractivity contribution in [1.82, 2.24) is 15.0 Å². The summed E-state index contributed by atoms with van der Waals surface area (Å²) in [7, 11) is 0. The molecule has 29 heavy (non-hydrogen) atoms. The summed E-state index contributed by atoms with van der Waals surface area (Å²) in [5.74, 6) is 1.64. The summed E-state index contributed by atoms with van der Waals surface area (Å²) in [6.07, 6.45) is 6.66. The third-order valence-corrected chi connectivity index (χ3v) is 4.89. The van der Waals surface area contributed by atoms with Gasteiger partial charge in [-0.3, -0.25) is 4.99 Å². The standard InChI is InChI=1S/C21H19N5O3/c27-21-17(16-10-14(11-24-20(16)25-21)18-2-1-7-29-18)13-22-15-3-4-19(23-12-15)26-5-8-28-9-6-26/h1-4,7,10-13,27H,5-6,8-9H2,(H,24,25). The predicted molar refractivity (Wildman–Crippen MR) is 110 cm³/mol. The first kappa shape index (κ1) is 17.4. The lowest BCUT2D eigenvalue weighted by Gasteiger charge is -2.27. The second kappa shape index (κ2) is 7.40. The Morgan fingerprint density at radius 2 is 2.03 bits per heavy atom. The SMILES string of the molecule is Oc1[nH]c2ncc(-c3ccco3)cc2c1C=Nc1ccc(N2CCOCC2)nc1. The largest absolute Gasteiger partial charge is 0.494 e. The average molecular weight is 389 g/mol. The average Bonchev–Trinajstić information content (AvgIpc) is 3.40. The highest BCUT2D eigenvalue weighted by molar-refractivity contribution is 6.02. The van der Waals surface area contributed by atoms with Gasteiger partial charge in [0, 0.05) is 36.5 Å². The number of morpholine rings is 1. The molecule has 0 saturated carbocycles. The Bertz CT molecular complexity index is 1140. The topological polar surface area (TPSA) is 99.8 Å². The van der Waals surface area contributed by atoms with Gasteiger partial charge in [-0.05, 0) is 30.3 Å². The maximum absolute atomic E-state index is 10.3. The molecule has 0 bridgehead atoms. The fourth-order valence-corrected chi connectivity index (χ4v) is 3.36. The molecule has 0 aromatic carbocycles. The summed E-state index contributed by atoms with van der Waals surface area (Å²) < 4.78 is 10.8. The molecule has 0 amide bonds. The molecule has 4 aromatic rings. The number of aliphatic imine (C=N–C) groups is 1. The van der Waals surface area contributed by atoms with E-state index in [1.807, 2.05) is 30.3 Å². The first-order valence-electron chi connectivity index (χ1n) is 9.35. The van der Waals surface area contributed by atoms with Crippen molar-refractivity contribution < 1.29 is 14.3 Å². The zero-order chi connectivity index (χ0) is 19.6. The molecule has 0 unspecified atom stereocenters. The molecule has 1 fully saturated rings. The first-order chi connectivity index (χ1) is 14.3. The van der Waals surface area contributed by atoms with Gasteiger partial charge in [0.2, 0.25) is 0 Å². The van der Waals surface area contributed by atoms with Crippen LogP contribution in [-0.4, -0.2) is 52.6 Å². The molecule has 8 nitrogen and oxygen atoms in total. The molecule has 1 saturated heterocycles. The lowest BCUT2D eigenvalue weighted by atomic mass is 10.1. The van der Waals surface area contributed by atoms with E-state index in [1.54, 1.807) is 24.9 Å². The van der Waals surface area contributed by atoms with E-state index in [4.69, 9.17) is 9.15 Å².